The third kappa shape index (κ3) is 3.67. The van der Waals surface area contributed by atoms with Gasteiger partial charge in [0.25, 0.3) is 0 Å². The van der Waals surface area contributed by atoms with Crippen molar-refractivity contribution in [3.05, 3.63) is 29.8 Å². The Bertz CT molecular complexity index is 843. The zero-order valence-corrected chi connectivity index (χ0v) is 15.1. The minimum absolute atomic E-state index is 0.130. The normalized spacial score (nSPS) is 28.8. The summed E-state index contributed by atoms with van der Waals surface area (Å²) in [7, 11) is -3.31. The van der Waals surface area contributed by atoms with Crippen molar-refractivity contribution in [1.29, 1.82) is 0 Å². The van der Waals surface area contributed by atoms with Gasteiger partial charge in [0.2, 0.25) is 16.0 Å². The highest BCUT2D eigenvalue weighted by molar-refractivity contribution is 7.88. The molecule has 0 spiro atoms. The number of nitrogens with one attached hydrogen (secondary N) is 2. The Balaban J connectivity index is 1.45. The van der Waals surface area contributed by atoms with Gasteiger partial charge in [-0.15, -0.1) is 11.3 Å². The SMILES string of the molecule is CS(=O)(=O)NC1COC2C(Nc3nccc(-c4cccs4)n3)COC12. The molecule has 0 amide bonds. The smallest absolute Gasteiger partial charge is 0.223 e. The fourth-order valence-electron chi connectivity index (χ4n) is 3.15. The molecule has 2 aliphatic rings. The van der Waals surface area contributed by atoms with Gasteiger partial charge in [-0.05, 0) is 17.5 Å². The molecule has 10 heteroatoms. The molecule has 0 aliphatic carbocycles. The van der Waals surface area contributed by atoms with Gasteiger partial charge in [0, 0.05) is 6.20 Å². The molecule has 0 radical (unpaired) electrons. The number of nitrogens with zero attached hydrogens (tertiary/aromatic N) is 2. The predicted molar refractivity (Wildman–Crippen MR) is 94.0 cm³/mol. The summed E-state index contributed by atoms with van der Waals surface area (Å²) in [6.07, 6.45) is 2.29. The van der Waals surface area contributed by atoms with E-state index in [9.17, 15) is 8.42 Å². The van der Waals surface area contributed by atoms with Crippen molar-refractivity contribution in [2.24, 2.45) is 0 Å². The van der Waals surface area contributed by atoms with Gasteiger partial charge < -0.3 is 14.8 Å². The number of sulfonamides is 1. The van der Waals surface area contributed by atoms with Gasteiger partial charge in [-0.1, -0.05) is 6.07 Å². The molecule has 2 aromatic rings. The molecule has 4 unspecified atom stereocenters. The van der Waals surface area contributed by atoms with Crippen LogP contribution in [0, 0.1) is 0 Å². The predicted octanol–water partition coefficient (Wildman–Crippen LogP) is 0.701. The van der Waals surface area contributed by atoms with Crippen molar-refractivity contribution in [3.63, 3.8) is 0 Å². The maximum atomic E-state index is 11.4. The Hall–Kier alpha value is -1.59. The first-order valence-electron chi connectivity index (χ1n) is 7.83. The lowest BCUT2D eigenvalue weighted by Gasteiger charge is -2.18. The van der Waals surface area contributed by atoms with E-state index in [1.54, 1.807) is 17.5 Å². The van der Waals surface area contributed by atoms with Crippen LogP contribution >= 0.6 is 11.3 Å². The van der Waals surface area contributed by atoms with Crippen molar-refractivity contribution >= 4 is 27.3 Å². The van der Waals surface area contributed by atoms with Crippen LogP contribution in [-0.4, -0.2) is 62.1 Å². The fourth-order valence-corrected chi connectivity index (χ4v) is 4.60. The van der Waals surface area contributed by atoms with E-state index in [-0.39, 0.29) is 30.9 Å². The van der Waals surface area contributed by atoms with Crippen LogP contribution in [0.2, 0.25) is 0 Å². The number of rotatable bonds is 5. The highest BCUT2D eigenvalue weighted by Crippen LogP contribution is 2.29. The summed E-state index contributed by atoms with van der Waals surface area (Å²) < 4.78 is 37.0. The molecule has 2 aliphatic heterocycles. The summed E-state index contributed by atoms with van der Waals surface area (Å²) in [5.41, 5.74) is 0.854. The molecule has 4 rings (SSSR count). The highest BCUT2D eigenvalue weighted by atomic mass is 32.2. The third-order valence-electron chi connectivity index (χ3n) is 4.16. The maximum absolute atomic E-state index is 11.4. The molecular weight excluding hydrogens is 364 g/mol. The molecule has 2 saturated heterocycles. The van der Waals surface area contributed by atoms with Crippen LogP contribution in [0.3, 0.4) is 0 Å². The average molecular weight is 382 g/mol. The summed E-state index contributed by atoms with van der Waals surface area (Å²) in [4.78, 5) is 9.87. The molecule has 0 saturated carbocycles. The molecule has 0 aromatic carbocycles. The van der Waals surface area contributed by atoms with Crippen molar-refractivity contribution in [2.45, 2.75) is 24.3 Å². The second-order valence-electron chi connectivity index (χ2n) is 6.09. The molecular formula is C15H18N4O4S2. The lowest BCUT2D eigenvalue weighted by atomic mass is 10.1. The van der Waals surface area contributed by atoms with E-state index in [0.717, 1.165) is 16.8 Å². The second kappa shape index (κ2) is 6.61. The number of hydrogen-bond acceptors (Lipinski definition) is 8. The fraction of sp³-hybridized carbons (Fsp3) is 0.467. The van der Waals surface area contributed by atoms with Gasteiger partial charge in [0.15, 0.2) is 0 Å². The zero-order valence-electron chi connectivity index (χ0n) is 13.5. The van der Waals surface area contributed by atoms with E-state index < -0.39 is 10.0 Å². The van der Waals surface area contributed by atoms with Gasteiger partial charge in [-0.2, -0.15) is 0 Å². The van der Waals surface area contributed by atoms with Crippen LogP contribution in [0.4, 0.5) is 5.95 Å². The first-order chi connectivity index (χ1) is 12.0. The molecule has 0 bridgehead atoms. The van der Waals surface area contributed by atoms with Crippen molar-refractivity contribution in [3.8, 4) is 10.6 Å². The van der Waals surface area contributed by atoms with E-state index in [2.05, 4.69) is 20.0 Å². The number of fused-ring (bicyclic) bond motifs is 1. The van der Waals surface area contributed by atoms with E-state index >= 15 is 0 Å². The lowest BCUT2D eigenvalue weighted by molar-refractivity contribution is 0.0690. The van der Waals surface area contributed by atoms with Crippen LogP contribution in [0.15, 0.2) is 29.8 Å². The minimum atomic E-state index is -3.31. The molecule has 2 fully saturated rings. The van der Waals surface area contributed by atoms with Gasteiger partial charge in [0.1, 0.15) is 12.2 Å². The monoisotopic (exact) mass is 382 g/mol. The van der Waals surface area contributed by atoms with Crippen LogP contribution in [0.5, 0.6) is 0 Å². The van der Waals surface area contributed by atoms with E-state index in [4.69, 9.17) is 9.47 Å². The van der Waals surface area contributed by atoms with Crippen molar-refractivity contribution in [2.75, 3.05) is 24.8 Å². The molecule has 2 N–H and O–H groups in total. The first-order valence-corrected chi connectivity index (χ1v) is 10.6. The zero-order chi connectivity index (χ0) is 17.4. The van der Waals surface area contributed by atoms with Gasteiger partial charge >= 0.3 is 0 Å². The highest BCUT2D eigenvalue weighted by Gasteiger charge is 2.48. The Kier molecular flexibility index (Phi) is 4.46. The molecule has 25 heavy (non-hydrogen) atoms. The van der Waals surface area contributed by atoms with Crippen LogP contribution in [0.1, 0.15) is 0 Å². The number of anilines is 1. The number of hydrogen-bond donors (Lipinski definition) is 2. The average Bonchev–Trinajstić information content (AvgIpc) is 3.27. The topological polar surface area (TPSA) is 102 Å². The van der Waals surface area contributed by atoms with Crippen LogP contribution < -0.4 is 10.0 Å². The van der Waals surface area contributed by atoms with Gasteiger partial charge in [0.05, 0.1) is 42.1 Å². The Morgan fingerprint density at radius 1 is 1.20 bits per heavy atom. The number of aromatic nitrogens is 2. The quantitative estimate of drug-likeness (QED) is 0.785. The Morgan fingerprint density at radius 2 is 1.96 bits per heavy atom. The summed E-state index contributed by atoms with van der Waals surface area (Å²) >= 11 is 1.62. The summed E-state index contributed by atoms with van der Waals surface area (Å²) in [5.74, 6) is 0.503. The number of thiophene rings is 1. The minimum Gasteiger partial charge on any atom is -0.371 e. The van der Waals surface area contributed by atoms with Gasteiger partial charge in [-0.3, -0.25) is 0 Å². The Labute approximate surface area is 149 Å². The van der Waals surface area contributed by atoms with Crippen LogP contribution in [0.25, 0.3) is 10.6 Å². The molecule has 4 atom stereocenters. The second-order valence-corrected chi connectivity index (χ2v) is 8.81. The standard InChI is InChI=1S/C15H18N4O4S2/c1-25(20,21)19-11-8-23-13-10(7-22-14(11)13)18-15-16-5-4-9(17-15)12-3-2-6-24-12/h2-6,10-11,13-14,19H,7-8H2,1H3,(H,16,17,18). The number of ether oxygens (including phenoxy) is 2. The summed E-state index contributed by atoms with van der Waals surface area (Å²) in [6.45, 7) is 0.695. The van der Waals surface area contributed by atoms with Gasteiger partial charge in [-0.25, -0.2) is 23.1 Å². The third-order valence-corrected chi connectivity index (χ3v) is 5.79. The molecule has 134 valence electrons. The largest absolute Gasteiger partial charge is 0.371 e. The van der Waals surface area contributed by atoms with Crippen molar-refractivity contribution < 1.29 is 17.9 Å². The summed E-state index contributed by atoms with van der Waals surface area (Å²) in [6, 6.07) is 5.35. The molecule has 2 aromatic heterocycles. The lowest BCUT2D eigenvalue weighted by Crippen LogP contribution is -2.44. The van der Waals surface area contributed by atoms with Crippen molar-refractivity contribution in [1.82, 2.24) is 14.7 Å². The Morgan fingerprint density at radius 3 is 2.68 bits per heavy atom. The van der Waals surface area contributed by atoms with E-state index in [1.807, 2.05) is 23.6 Å². The van der Waals surface area contributed by atoms with Crippen LogP contribution in [-0.2, 0) is 19.5 Å². The molecule has 4 heterocycles. The van der Waals surface area contributed by atoms with E-state index in [1.165, 1.54) is 0 Å². The van der Waals surface area contributed by atoms with E-state index in [0.29, 0.717) is 12.6 Å². The maximum Gasteiger partial charge on any atom is 0.223 e. The summed E-state index contributed by atoms with van der Waals surface area (Å²) in [5, 5.41) is 5.25. The molecule has 8 nitrogen and oxygen atoms in total. The first kappa shape index (κ1) is 16.9.